The first kappa shape index (κ1) is 29.3. The number of rotatable bonds is 9. The molecular formula is C35H34N4O4. The number of aromatic nitrogens is 2. The Kier molecular flexibility index (Phi) is 8.66. The highest BCUT2D eigenvalue weighted by Crippen LogP contribution is 2.34. The minimum Gasteiger partial charge on any atom is -0.496 e. The second kappa shape index (κ2) is 12.7. The molecule has 0 bridgehead atoms. The van der Waals surface area contributed by atoms with Crippen LogP contribution in [0.1, 0.15) is 42.0 Å². The number of hydrogen-bond acceptors (Lipinski definition) is 6. The van der Waals surface area contributed by atoms with Crippen molar-refractivity contribution in [3.63, 3.8) is 0 Å². The lowest BCUT2D eigenvalue weighted by Gasteiger charge is -2.17. The first-order valence-electron chi connectivity index (χ1n) is 14.1. The summed E-state index contributed by atoms with van der Waals surface area (Å²) in [6.07, 6.45) is 1.61. The molecule has 0 aliphatic heterocycles. The molecule has 1 aromatic heterocycles. The van der Waals surface area contributed by atoms with Gasteiger partial charge in [0.1, 0.15) is 11.5 Å². The fourth-order valence-corrected chi connectivity index (χ4v) is 4.73. The third-order valence-electron chi connectivity index (χ3n) is 7.10. The zero-order valence-electron chi connectivity index (χ0n) is 24.9. The third-order valence-corrected chi connectivity index (χ3v) is 7.10. The van der Waals surface area contributed by atoms with Crippen LogP contribution in [0.3, 0.4) is 0 Å². The number of fused-ring (bicyclic) bond motifs is 1. The van der Waals surface area contributed by atoms with E-state index >= 15 is 0 Å². The summed E-state index contributed by atoms with van der Waals surface area (Å²) in [5, 5.41) is 7.89. The van der Waals surface area contributed by atoms with Gasteiger partial charge in [0.05, 0.1) is 24.2 Å². The first-order valence-corrected chi connectivity index (χ1v) is 14.1. The summed E-state index contributed by atoms with van der Waals surface area (Å²) in [4.78, 5) is 30.8. The summed E-state index contributed by atoms with van der Waals surface area (Å²) in [7, 11) is 1.66. The van der Waals surface area contributed by atoms with Gasteiger partial charge in [-0.15, -0.1) is 0 Å². The van der Waals surface area contributed by atoms with Gasteiger partial charge >= 0.3 is 0 Å². The summed E-state index contributed by atoms with van der Waals surface area (Å²) in [5.41, 5.74) is 5.65. The average Bonchev–Trinajstić information content (AvgIpc) is 3.01. The van der Waals surface area contributed by atoms with Gasteiger partial charge in [0, 0.05) is 11.3 Å². The molecule has 5 rings (SSSR count). The Labute approximate surface area is 250 Å². The van der Waals surface area contributed by atoms with Gasteiger partial charge in [-0.3, -0.25) is 9.59 Å². The lowest BCUT2D eigenvalue weighted by molar-refractivity contribution is -0.118. The van der Waals surface area contributed by atoms with Crippen LogP contribution in [0.25, 0.3) is 22.3 Å². The highest BCUT2D eigenvalue weighted by molar-refractivity contribution is 5.92. The SMILES string of the molecule is COc1cc(C)c(-c2nc3ccccc3c(=O)n2N=Cc2ccc(OCC(=O)Nc3ccc(C)cc3)cc2)cc1C(C)C. The molecule has 218 valence electrons. The average molecular weight is 575 g/mol. The maximum Gasteiger partial charge on any atom is 0.282 e. The molecule has 0 fully saturated rings. The van der Waals surface area contributed by atoms with Gasteiger partial charge in [-0.1, -0.05) is 43.7 Å². The molecule has 8 heteroatoms. The fourth-order valence-electron chi connectivity index (χ4n) is 4.73. The minimum absolute atomic E-state index is 0.123. The van der Waals surface area contributed by atoms with E-state index in [1.54, 1.807) is 31.5 Å². The van der Waals surface area contributed by atoms with E-state index in [0.717, 1.165) is 33.6 Å². The van der Waals surface area contributed by atoms with E-state index in [-0.39, 0.29) is 24.0 Å². The molecule has 0 aliphatic carbocycles. The molecule has 4 aromatic carbocycles. The first-order chi connectivity index (χ1) is 20.7. The molecule has 0 saturated carbocycles. The molecule has 0 saturated heterocycles. The van der Waals surface area contributed by atoms with E-state index < -0.39 is 0 Å². The number of aryl methyl sites for hydroxylation is 2. The molecule has 8 nitrogen and oxygen atoms in total. The fraction of sp³-hybridized carbons (Fsp3) is 0.200. The van der Waals surface area contributed by atoms with Crippen LogP contribution in [0, 0.1) is 13.8 Å². The van der Waals surface area contributed by atoms with Crippen LogP contribution < -0.4 is 20.3 Å². The molecule has 1 heterocycles. The zero-order valence-corrected chi connectivity index (χ0v) is 24.9. The largest absolute Gasteiger partial charge is 0.496 e. The van der Waals surface area contributed by atoms with Crippen LogP contribution in [0.5, 0.6) is 11.5 Å². The number of carbonyl (C=O) groups is 1. The van der Waals surface area contributed by atoms with E-state index in [2.05, 4.69) is 24.3 Å². The van der Waals surface area contributed by atoms with Crippen LogP contribution >= 0.6 is 0 Å². The molecule has 1 amide bonds. The number of para-hydroxylation sites is 1. The van der Waals surface area contributed by atoms with Crippen molar-refractivity contribution in [1.29, 1.82) is 0 Å². The van der Waals surface area contributed by atoms with E-state index in [4.69, 9.17) is 14.5 Å². The predicted molar refractivity (Wildman–Crippen MR) is 172 cm³/mol. The Morgan fingerprint density at radius 2 is 1.72 bits per heavy atom. The quantitative estimate of drug-likeness (QED) is 0.197. The van der Waals surface area contributed by atoms with Gasteiger partial charge in [-0.2, -0.15) is 9.78 Å². The van der Waals surface area contributed by atoms with Crippen molar-refractivity contribution in [2.45, 2.75) is 33.6 Å². The molecule has 0 atom stereocenters. The summed E-state index contributed by atoms with van der Waals surface area (Å²) in [6.45, 7) is 8.03. The highest BCUT2D eigenvalue weighted by atomic mass is 16.5. The third kappa shape index (κ3) is 6.64. The molecule has 0 radical (unpaired) electrons. The van der Waals surface area contributed by atoms with Crippen LogP contribution in [0.2, 0.25) is 0 Å². The van der Waals surface area contributed by atoms with Crippen LogP contribution in [-0.4, -0.2) is 35.5 Å². The van der Waals surface area contributed by atoms with Crippen molar-refractivity contribution in [1.82, 2.24) is 9.66 Å². The van der Waals surface area contributed by atoms with Gasteiger partial charge in [0.25, 0.3) is 11.5 Å². The number of ether oxygens (including phenoxy) is 2. The number of nitrogens with one attached hydrogen (secondary N) is 1. The minimum atomic E-state index is -0.266. The Balaban J connectivity index is 1.41. The zero-order chi connectivity index (χ0) is 30.5. The molecule has 1 N–H and O–H groups in total. The van der Waals surface area contributed by atoms with Crippen molar-refractivity contribution in [2.24, 2.45) is 5.10 Å². The molecule has 0 aliphatic rings. The molecule has 5 aromatic rings. The van der Waals surface area contributed by atoms with Gasteiger partial charge < -0.3 is 14.8 Å². The molecule has 0 spiro atoms. The van der Waals surface area contributed by atoms with Crippen molar-refractivity contribution < 1.29 is 14.3 Å². The van der Waals surface area contributed by atoms with Crippen molar-refractivity contribution in [2.75, 3.05) is 19.0 Å². The lowest BCUT2D eigenvalue weighted by Crippen LogP contribution is -2.21. The van der Waals surface area contributed by atoms with Crippen LogP contribution in [0.15, 0.2) is 94.8 Å². The monoisotopic (exact) mass is 574 g/mol. The summed E-state index contributed by atoms with van der Waals surface area (Å²) >= 11 is 0. The molecular weight excluding hydrogens is 540 g/mol. The highest BCUT2D eigenvalue weighted by Gasteiger charge is 2.18. The van der Waals surface area contributed by atoms with Crippen molar-refractivity contribution >= 4 is 28.7 Å². The van der Waals surface area contributed by atoms with Gasteiger partial charge in [-0.25, -0.2) is 4.98 Å². The van der Waals surface area contributed by atoms with Crippen LogP contribution in [-0.2, 0) is 4.79 Å². The molecule has 0 unspecified atom stereocenters. The van der Waals surface area contributed by atoms with Crippen molar-refractivity contribution in [3.8, 4) is 22.9 Å². The lowest BCUT2D eigenvalue weighted by atomic mass is 9.96. The summed E-state index contributed by atoms with van der Waals surface area (Å²) in [6, 6.07) is 26.0. The Morgan fingerprint density at radius 3 is 2.42 bits per heavy atom. The normalized spacial score (nSPS) is 11.3. The van der Waals surface area contributed by atoms with Gasteiger partial charge in [-0.05, 0) is 97.1 Å². The Hall–Kier alpha value is -5.24. The van der Waals surface area contributed by atoms with E-state index in [1.807, 2.05) is 80.6 Å². The van der Waals surface area contributed by atoms with Crippen LogP contribution in [0.4, 0.5) is 5.69 Å². The number of anilines is 1. The summed E-state index contributed by atoms with van der Waals surface area (Å²) < 4.78 is 12.6. The second-order valence-corrected chi connectivity index (χ2v) is 10.6. The topological polar surface area (TPSA) is 94.8 Å². The molecule has 43 heavy (non-hydrogen) atoms. The number of amides is 1. The number of hydrogen-bond donors (Lipinski definition) is 1. The Morgan fingerprint density at radius 1 is 1.00 bits per heavy atom. The second-order valence-electron chi connectivity index (χ2n) is 10.6. The summed E-state index contributed by atoms with van der Waals surface area (Å²) in [5.74, 6) is 1.73. The number of carbonyl (C=O) groups excluding carboxylic acids is 1. The number of methoxy groups -OCH3 is 1. The smallest absolute Gasteiger partial charge is 0.282 e. The van der Waals surface area contributed by atoms with E-state index in [9.17, 15) is 9.59 Å². The number of benzene rings is 4. The maximum atomic E-state index is 13.7. The van der Waals surface area contributed by atoms with Crippen molar-refractivity contribution in [3.05, 3.63) is 118 Å². The van der Waals surface area contributed by atoms with Gasteiger partial charge in [0.15, 0.2) is 12.4 Å². The maximum absolute atomic E-state index is 13.7. The Bertz CT molecular complexity index is 1860. The van der Waals surface area contributed by atoms with Gasteiger partial charge in [0.2, 0.25) is 0 Å². The number of nitrogens with zero attached hydrogens (tertiary/aromatic N) is 3. The van der Waals surface area contributed by atoms with E-state index in [0.29, 0.717) is 28.2 Å². The predicted octanol–water partition coefficient (Wildman–Crippen LogP) is 6.71. The van der Waals surface area contributed by atoms with E-state index in [1.165, 1.54) is 4.68 Å². The standard InChI is InChI=1S/C35H34N4O4/c1-22(2)29-19-30(24(4)18-32(29)42-5)34-38-31-9-7-6-8-28(31)35(41)39(34)36-20-25-12-16-27(17-13-25)43-21-33(40)37-26-14-10-23(3)11-15-26/h6-20,22H,21H2,1-5H3,(H,37,40).